The second-order valence-corrected chi connectivity index (χ2v) is 8.61. The third kappa shape index (κ3) is 4.79. The first-order chi connectivity index (χ1) is 12.8. The number of benzene rings is 1. The maximum absolute atomic E-state index is 12.8. The molecule has 1 heterocycles. The van der Waals surface area contributed by atoms with E-state index in [1.165, 1.54) is 10.4 Å². The minimum atomic E-state index is -3.69. The molecule has 0 saturated carbocycles. The zero-order chi connectivity index (χ0) is 20.0. The van der Waals surface area contributed by atoms with E-state index < -0.39 is 16.0 Å². The first kappa shape index (κ1) is 21.2. The minimum Gasteiger partial charge on any atom is -0.447 e. The fourth-order valence-corrected chi connectivity index (χ4v) is 4.74. The van der Waals surface area contributed by atoms with Gasteiger partial charge in [0.25, 0.3) is 0 Å². The van der Waals surface area contributed by atoms with Gasteiger partial charge in [-0.2, -0.15) is 9.57 Å². The Morgan fingerprint density at radius 1 is 1.30 bits per heavy atom. The molecule has 27 heavy (non-hydrogen) atoms. The van der Waals surface area contributed by atoms with Gasteiger partial charge < -0.3 is 9.64 Å². The van der Waals surface area contributed by atoms with Crippen LogP contribution in [-0.4, -0.2) is 51.5 Å². The predicted molar refractivity (Wildman–Crippen MR) is 103 cm³/mol. The Balaban J connectivity index is 2.46. The standard InChI is InChI=1S/C19H27N3O4S/c1-4-22(5-2)27(24,25)16-6-7-18(21-11-8-15(3)9-12-21)17(14-16)19(23)26-13-10-20/h6-7,14-15H,4-5,8-9,11-13H2,1-3H3. The molecule has 1 aromatic rings. The zero-order valence-electron chi connectivity index (χ0n) is 16.1. The van der Waals surface area contributed by atoms with Crippen molar-refractivity contribution in [1.82, 2.24) is 4.31 Å². The van der Waals surface area contributed by atoms with Crippen LogP contribution < -0.4 is 4.90 Å². The Bertz CT molecular complexity index is 805. The average molecular weight is 394 g/mol. The van der Waals surface area contributed by atoms with Crippen LogP contribution in [0.3, 0.4) is 0 Å². The molecule has 0 radical (unpaired) electrons. The van der Waals surface area contributed by atoms with Crippen LogP contribution in [0.1, 0.15) is 44.0 Å². The molecule has 0 amide bonds. The van der Waals surface area contributed by atoms with Gasteiger partial charge in [-0.15, -0.1) is 0 Å². The van der Waals surface area contributed by atoms with Crippen molar-refractivity contribution in [3.8, 4) is 6.07 Å². The molecule has 0 aliphatic carbocycles. The van der Waals surface area contributed by atoms with Gasteiger partial charge >= 0.3 is 5.97 Å². The molecule has 0 aromatic heterocycles. The molecule has 148 valence electrons. The summed E-state index contributed by atoms with van der Waals surface area (Å²) in [5.74, 6) is -0.0562. The maximum atomic E-state index is 12.8. The highest BCUT2D eigenvalue weighted by molar-refractivity contribution is 7.89. The van der Waals surface area contributed by atoms with Gasteiger partial charge in [-0.3, -0.25) is 0 Å². The minimum absolute atomic E-state index is 0.0595. The number of nitrogens with zero attached hydrogens (tertiary/aromatic N) is 3. The van der Waals surface area contributed by atoms with Crippen molar-refractivity contribution in [3.63, 3.8) is 0 Å². The predicted octanol–water partition coefficient (Wildman–Crippen LogP) is 2.63. The van der Waals surface area contributed by atoms with Crippen LogP contribution in [0.25, 0.3) is 0 Å². The molecule has 1 aromatic carbocycles. The van der Waals surface area contributed by atoms with Crippen molar-refractivity contribution in [2.24, 2.45) is 5.92 Å². The molecule has 0 unspecified atom stereocenters. The highest BCUT2D eigenvalue weighted by Gasteiger charge is 2.27. The second-order valence-electron chi connectivity index (χ2n) is 6.67. The monoisotopic (exact) mass is 393 g/mol. The second kappa shape index (κ2) is 9.20. The summed E-state index contributed by atoms with van der Waals surface area (Å²) in [4.78, 5) is 14.7. The first-order valence-corrected chi connectivity index (χ1v) is 10.7. The van der Waals surface area contributed by atoms with Crippen molar-refractivity contribution in [2.45, 2.75) is 38.5 Å². The number of carbonyl (C=O) groups is 1. The van der Waals surface area contributed by atoms with Crippen molar-refractivity contribution in [3.05, 3.63) is 23.8 Å². The topological polar surface area (TPSA) is 90.7 Å². The number of sulfonamides is 1. The fraction of sp³-hybridized carbons (Fsp3) is 0.579. The molecule has 1 saturated heterocycles. The molecule has 0 atom stereocenters. The summed E-state index contributed by atoms with van der Waals surface area (Å²) in [6.45, 7) is 7.64. The van der Waals surface area contributed by atoms with Crippen LogP contribution in [0.4, 0.5) is 5.69 Å². The number of hydrogen-bond acceptors (Lipinski definition) is 6. The molecule has 8 heteroatoms. The maximum Gasteiger partial charge on any atom is 0.341 e. The van der Waals surface area contributed by atoms with E-state index in [4.69, 9.17) is 10.00 Å². The quantitative estimate of drug-likeness (QED) is 0.662. The van der Waals surface area contributed by atoms with Crippen molar-refractivity contribution in [1.29, 1.82) is 5.26 Å². The largest absolute Gasteiger partial charge is 0.447 e. The summed E-state index contributed by atoms with van der Waals surface area (Å²) in [7, 11) is -3.69. The molecule has 2 rings (SSSR count). The van der Waals surface area contributed by atoms with Gasteiger partial charge in [0.15, 0.2) is 6.61 Å². The third-order valence-corrected chi connectivity index (χ3v) is 6.97. The number of ether oxygens (including phenoxy) is 1. The van der Waals surface area contributed by atoms with Crippen LogP contribution in [0.2, 0.25) is 0 Å². The normalized spacial score (nSPS) is 15.6. The van der Waals surface area contributed by atoms with E-state index in [0.29, 0.717) is 24.7 Å². The van der Waals surface area contributed by atoms with E-state index in [0.717, 1.165) is 25.9 Å². The lowest BCUT2D eigenvalue weighted by atomic mass is 9.98. The molecule has 1 aliphatic rings. The molecule has 1 aliphatic heterocycles. The van der Waals surface area contributed by atoms with Crippen LogP contribution in [-0.2, 0) is 14.8 Å². The number of esters is 1. The van der Waals surface area contributed by atoms with Crippen LogP contribution in [0, 0.1) is 17.2 Å². The van der Waals surface area contributed by atoms with Crippen molar-refractivity contribution < 1.29 is 17.9 Å². The molecule has 0 bridgehead atoms. The molecular weight excluding hydrogens is 366 g/mol. The number of hydrogen-bond donors (Lipinski definition) is 0. The number of nitriles is 1. The number of carbonyl (C=O) groups excluding carboxylic acids is 1. The van der Waals surface area contributed by atoms with Gasteiger partial charge in [0.1, 0.15) is 6.07 Å². The van der Waals surface area contributed by atoms with Crippen molar-refractivity contribution in [2.75, 3.05) is 37.7 Å². The number of rotatable bonds is 7. The van der Waals surface area contributed by atoms with Crippen LogP contribution >= 0.6 is 0 Å². The Morgan fingerprint density at radius 2 is 1.93 bits per heavy atom. The van der Waals surface area contributed by atoms with E-state index in [9.17, 15) is 13.2 Å². The first-order valence-electron chi connectivity index (χ1n) is 9.28. The molecule has 7 nitrogen and oxygen atoms in total. The van der Waals surface area contributed by atoms with E-state index in [1.54, 1.807) is 32.0 Å². The summed E-state index contributed by atoms with van der Waals surface area (Å²) >= 11 is 0. The fourth-order valence-electron chi connectivity index (χ4n) is 3.25. The SMILES string of the molecule is CCN(CC)S(=O)(=O)c1ccc(N2CCC(C)CC2)c(C(=O)OCC#N)c1. The lowest BCUT2D eigenvalue weighted by Crippen LogP contribution is -2.34. The number of anilines is 1. The summed E-state index contributed by atoms with van der Waals surface area (Å²) in [5, 5.41) is 8.69. The van der Waals surface area contributed by atoms with Gasteiger partial charge in [-0.1, -0.05) is 20.8 Å². The summed E-state index contributed by atoms with van der Waals surface area (Å²) in [5.41, 5.74) is 0.844. The van der Waals surface area contributed by atoms with E-state index >= 15 is 0 Å². The Hall–Kier alpha value is -2.11. The summed E-state index contributed by atoms with van der Waals surface area (Å²) < 4.78 is 32.0. The van der Waals surface area contributed by atoms with Gasteiger partial charge in [-0.25, -0.2) is 13.2 Å². The number of piperidine rings is 1. The Labute approximate surface area is 161 Å². The van der Waals surface area contributed by atoms with Gasteiger partial charge in [0.2, 0.25) is 10.0 Å². The lowest BCUT2D eigenvalue weighted by molar-refractivity contribution is 0.0555. The Morgan fingerprint density at radius 3 is 2.48 bits per heavy atom. The van der Waals surface area contributed by atoms with E-state index in [2.05, 4.69) is 11.8 Å². The molecule has 0 spiro atoms. The summed E-state index contributed by atoms with van der Waals surface area (Å²) in [6, 6.07) is 6.37. The van der Waals surface area contributed by atoms with Crippen LogP contribution in [0.5, 0.6) is 0 Å². The Kier molecular flexibility index (Phi) is 7.22. The van der Waals surface area contributed by atoms with Crippen LogP contribution in [0.15, 0.2) is 23.1 Å². The molecular formula is C19H27N3O4S. The lowest BCUT2D eigenvalue weighted by Gasteiger charge is -2.33. The third-order valence-electron chi connectivity index (χ3n) is 4.92. The summed E-state index contributed by atoms with van der Waals surface area (Å²) in [6.07, 6.45) is 2.01. The van der Waals surface area contributed by atoms with Gasteiger partial charge in [-0.05, 0) is 37.0 Å². The van der Waals surface area contributed by atoms with Crippen molar-refractivity contribution >= 4 is 21.7 Å². The highest BCUT2D eigenvalue weighted by atomic mass is 32.2. The average Bonchev–Trinajstić information content (AvgIpc) is 2.67. The van der Waals surface area contributed by atoms with Gasteiger partial charge in [0, 0.05) is 26.2 Å². The zero-order valence-corrected chi connectivity index (χ0v) is 17.0. The van der Waals surface area contributed by atoms with E-state index in [-0.39, 0.29) is 17.1 Å². The smallest absolute Gasteiger partial charge is 0.341 e. The highest BCUT2D eigenvalue weighted by Crippen LogP contribution is 2.30. The van der Waals surface area contributed by atoms with E-state index in [1.807, 2.05) is 0 Å². The molecule has 1 fully saturated rings. The van der Waals surface area contributed by atoms with Gasteiger partial charge in [0.05, 0.1) is 16.1 Å². The molecule has 0 N–H and O–H groups in total.